The Labute approximate surface area is 146 Å². The fraction of sp³-hybridized carbons (Fsp3) is 0.176. The molecule has 0 saturated heterocycles. The Kier molecular flexibility index (Phi) is 5.55. The lowest BCUT2D eigenvalue weighted by Gasteiger charge is -2.12. The summed E-state index contributed by atoms with van der Waals surface area (Å²) in [6, 6.07) is 11.9. The van der Waals surface area contributed by atoms with Crippen molar-refractivity contribution in [2.24, 2.45) is 0 Å². The number of methoxy groups -OCH3 is 1. The number of amides is 1. The third kappa shape index (κ3) is 4.23. The number of nitrogens with zero attached hydrogens (tertiary/aromatic N) is 1. The van der Waals surface area contributed by atoms with Gasteiger partial charge in [0.25, 0.3) is 5.91 Å². The second-order valence-corrected chi connectivity index (χ2v) is 7.49. The van der Waals surface area contributed by atoms with Gasteiger partial charge in [-0.3, -0.25) is 4.79 Å². The molecule has 132 valence electrons. The zero-order valence-electron chi connectivity index (χ0n) is 14.0. The molecule has 8 heteroatoms. The highest BCUT2D eigenvalue weighted by Crippen LogP contribution is 2.17. The zero-order valence-corrected chi connectivity index (χ0v) is 14.8. The molecule has 0 spiro atoms. The Balaban J connectivity index is 2.20. The van der Waals surface area contributed by atoms with Gasteiger partial charge in [0.1, 0.15) is 0 Å². The quantitative estimate of drug-likeness (QED) is 0.821. The van der Waals surface area contributed by atoms with Crippen LogP contribution in [0.3, 0.4) is 0 Å². The van der Waals surface area contributed by atoms with Crippen LogP contribution < -0.4 is 5.32 Å². The summed E-state index contributed by atoms with van der Waals surface area (Å²) in [4.78, 5) is 23.7. The van der Waals surface area contributed by atoms with E-state index in [2.05, 4.69) is 10.1 Å². The molecule has 0 atom stereocenters. The lowest BCUT2D eigenvalue weighted by atomic mass is 10.2. The molecular formula is C17H18N2O5S. The molecule has 2 rings (SSSR count). The predicted molar refractivity (Wildman–Crippen MR) is 93.0 cm³/mol. The molecule has 2 aromatic rings. The van der Waals surface area contributed by atoms with Crippen LogP contribution in [0.15, 0.2) is 53.4 Å². The molecule has 2 aromatic carbocycles. The molecule has 0 aromatic heterocycles. The smallest absolute Gasteiger partial charge is 0.337 e. The summed E-state index contributed by atoms with van der Waals surface area (Å²) in [5, 5.41) is 2.65. The Morgan fingerprint density at radius 3 is 2.20 bits per heavy atom. The second kappa shape index (κ2) is 7.45. The van der Waals surface area contributed by atoms with Crippen LogP contribution in [-0.2, 0) is 14.8 Å². The van der Waals surface area contributed by atoms with E-state index in [0.717, 1.165) is 4.31 Å². The van der Waals surface area contributed by atoms with Crippen molar-refractivity contribution in [2.45, 2.75) is 4.90 Å². The topological polar surface area (TPSA) is 92.8 Å². The number of esters is 1. The van der Waals surface area contributed by atoms with Gasteiger partial charge in [-0.2, -0.15) is 0 Å². The van der Waals surface area contributed by atoms with Crippen LogP contribution in [0.5, 0.6) is 0 Å². The van der Waals surface area contributed by atoms with Crippen molar-refractivity contribution >= 4 is 27.6 Å². The number of hydrogen-bond donors (Lipinski definition) is 1. The van der Waals surface area contributed by atoms with E-state index in [9.17, 15) is 18.0 Å². The Bertz CT molecular complexity index is 890. The summed E-state index contributed by atoms with van der Waals surface area (Å²) >= 11 is 0. The summed E-state index contributed by atoms with van der Waals surface area (Å²) in [6.07, 6.45) is 0. The van der Waals surface area contributed by atoms with Crippen molar-refractivity contribution in [3.63, 3.8) is 0 Å². The van der Waals surface area contributed by atoms with E-state index < -0.39 is 21.9 Å². The van der Waals surface area contributed by atoms with Crippen LogP contribution in [0, 0.1) is 0 Å². The summed E-state index contributed by atoms with van der Waals surface area (Å²) in [7, 11) is 0.506. The van der Waals surface area contributed by atoms with E-state index in [1.807, 2.05) is 0 Å². The van der Waals surface area contributed by atoms with E-state index >= 15 is 0 Å². The van der Waals surface area contributed by atoms with Gasteiger partial charge in [0.2, 0.25) is 10.0 Å². The van der Waals surface area contributed by atoms with Crippen LogP contribution in [0.2, 0.25) is 0 Å². The normalized spacial score (nSPS) is 11.2. The van der Waals surface area contributed by atoms with Gasteiger partial charge in [-0.1, -0.05) is 6.07 Å². The molecule has 0 aliphatic heterocycles. The largest absolute Gasteiger partial charge is 0.465 e. The number of hydrogen-bond acceptors (Lipinski definition) is 5. The third-order valence-electron chi connectivity index (χ3n) is 3.44. The highest BCUT2D eigenvalue weighted by atomic mass is 32.2. The maximum atomic E-state index is 12.3. The summed E-state index contributed by atoms with van der Waals surface area (Å²) in [5.41, 5.74) is 1.04. The number of sulfonamides is 1. The van der Waals surface area contributed by atoms with Crippen LogP contribution in [0.1, 0.15) is 20.7 Å². The zero-order chi connectivity index (χ0) is 18.6. The molecule has 0 radical (unpaired) electrons. The fourth-order valence-corrected chi connectivity index (χ4v) is 2.97. The molecule has 0 aliphatic carbocycles. The van der Waals surface area contributed by atoms with E-state index in [1.165, 1.54) is 57.6 Å². The molecule has 1 amide bonds. The average Bonchev–Trinajstić information content (AvgIpc) is 2.61. The van der Waals surface area contributed by atoms with E-state index in [-0.39, 0.29) is 10.5 Å². The van der Waals surface area contributed by atoms with Crippen LogP contribution in [0.4, 0.5) is 5.69 Å². The molecule has 0 fully saturated rings. The van der Waals surface area contributed by atoms with Gasteiger partial charge in [-0.25, -0.2) is 17.5 Å². The number of nitrogens with one attached hydrogen (secondary N) is 1. The number of benzene rings is 2. The molecule has 0 unspecified atom stereocenters. The lowest BCUT2D eigenvalue weighted by molar-refractivity contribution is 0.0600. The molecule has 0 aliphatic rings. The second-order valence-electron chi connectivity index (χ2n) is 5.34. The summed E-state index contributed by atoms with van der Waals surface area (Å²) < 4.78 is 30.0. The minimum atomic E-state index is -3.62. The van der Waals surface area contributed by atoms with Gasteiger partial charge < -0.3 is 10.1 Å². The van der Waals surface area contributed by atoms with E-state index in [4.69, 9.17) is 0 Å². The van der Waals surface area contributed by atoms with Crippen molar-refractivity contribution in [2.75, 3.05) is 26.5 Å². The minimum Gasteiger partial charge on any atom is -0.465 e. The number of rotatable bonds is 5. The lowest BCUT2D eigenvalue weighted by Crippen LogP contribution is -2.22. The molecule has 0 heterocycles. The predicted octanol–water partition coefficient (Wildman–Crippen LogP) is 1.98. The maximum absolute atomic E-state index is 12.3. The highest BCUT2D eigenvalue weighted by molar-refractivity contribution is 7.89. The van der Waals surface area contributed by atoms with Gasteiger partial charge in [0, 0.05) is 25.3 Å². The third-order valence-corrected chi connectivity index (χ3v) is 5.25. The average molecular weight is 362 g/mol. The first kappa shape index (κ1) is 18.6. The van der Waals surface area contributed by atoms with E-state index in [0.29, 0.717) is 11.3 Å². The Morgan fingerprint density at radius 1 is 1.00 bits per heavy atom. The molecule has 1 N–H and O–H groups in total. The van der Waals surface area contributed by atoms with Crippen LogP contribution in [0.25, 0.3) is 0 Å². The standard InChI is InChI=1S/C17H18N2O5S/c1-19(2)25(22,23)15-6-4-5-13(11-15)16(20)18-14-9-7-12(8-10-14)17(21)24-3/h4-11H,1-3H3,(H,18,20). The number of anilines is 1. The van der Waals surface area contributed by atoms with Crippen molar-refractivity contribution in [3.8, 4) is 0 Å². The first-order valence-corrected chi connectivity index (χ1v) is 8.72. The van der Waals surface area contributed by atoms with Gasteiger partial charge in [0.05, 0.1) is 17.6 Å². The number of ether oxygens (including phenoxy) is 1. The molecule has 7 nitrogen and oxygen atoms in total. The number of carbonyl (C=O) groups is 2. The minimum absolute atomic E-state index is 0.0335. The molecule has 0 bridgehead atoms. The van der Waals surface area contributed by atoms with Gasteiger partial charge in [-0.15, -0.1) is 0 Å². The first-order valence-electron chi connectivity index (χ1n) is 7.28. The molecule has 25 heavy (non-hydrogen) atoms. The molecule has 0 saturated carbocycles. The Morgan fingerprint density at radius 2 is 1.64 bits per heavy atom. The van der Waals surface area contributed by atoms with Gasteiger partial charge in [0.15, 0.2) is 0 Å². The van der Waals surface area contributed by atoms with Crippen LogP contribution >= 0.6 is 0 Å². The van der Waals surface area contributed by atoms with E-state index in [1.54, 1.807) is 12.1 Å². The van der Waals surface area contributed by atoms with Crippen molar-refractivity contribution in [1.29, 1.82) is 0 Å². The van der Waals surface area contributed by atoms with Crippen molar-refractivity contribution in [1.82, 2.24) is 4.31 Å². The summed E-state index contributed by atoms with van der Waals surface area (Å²) in [5.74, 6) is -0.930. The SMILES string of the molecule is COC(=O)c1ccc(NC(=O)c2cccc(S(=O)(=O)N(C)C)c2)cc1. The fourth-order valence-electron chi connectivity index (χ4n) is 2.02. The highest BCUT2D eigenvalue weighted by Gasteiger charge is 2.18. The first-order chi connectivity index (χ1) is 11.8. The maximum Gasteiger partial charge on any atom is 0.337 e. The van der Waals surface area contributed by atoms with Gasteiger partial charge >= 0.3 is 5.97 Å². The van der Waals surface area contributed by atoms with Crippen molar-refractivity contribution < 1.29 is 22.7 Å². The molecular weight excluding hydrogens is 344 g/mol. The number of carbonyl (C=O) groups excluding carboxylic acids is 2. The van der Waals surface area contributed by atoms with Crippen LogP contribution in [-0.4, -0.2) is 45.8 Å². The monoisotopic (exact) mass is 362 g/mol. The summed E-state index contributed by atoms with van der Waals surface area (Å²) in [6.45, 7) is 0. The Hall–Kier alpha value is -2.71. The van der Waals surface area contributed by atoms with Crippen molar-refractivity contribution in [3.05, 3.63) is 59.7 Å². The van der Waals surface area contributed by atoms with Gasteiger partial charge in [-0.05, 0) is 42.5 Å².